The Kier molecular flexibility index (Phi) is 4.47. The summed E-state index contributed by atoms with van der Waals surface area (Å²) in [6, 6.07) is 20.8. The molecule has 0 bridgehead atoms. The van der Waals surface area contributed by atoms with Crippen LogP contribution in [0.2, 0.25) is 0 Å². The highest BCUT2D eigenvalue weighted by Crippen LogP contribution is 2.24. The van der Waals surface area contributed by atoms with Crippen LogP contribution in [0.4, 0.5) is 0 Å². The molecule has 2 N–H and O–H groups in total. The van der Waals surface area contributed by atoms with E-state index in [9.17, 15) is 8.42 Å². The highest BCUT2D eigenvalue weighted by atomic mass is 32.2. The summed E-state index contributed by atoms with van der Waals surface area (Å²) in [7, 11) is -3.79. The number of benzene rings is 2. The van der Waals surface area contributed by atoms with Crippen molar-refractivity contribution in [3.05, 3.63) is 78.5 Å². The Hall–Kier alpha value is -3.03. The molecule has 2 aromatic carbocycles. The van der Waals surface area contributed by atoms with E-state index in [-0.39, 0.29) is 5.03 Å². The SMILES string of the molecule is CC(NS(=O)(=O)c1n[nH]c2ncccc12)c1ccc(-c2ccccc2)cc1. The van der Waals surface area contributed by atoms with Gasteiger partial charge in [0.25, 0.3) is 10.0 Å². The van der Waals surface area contributed by atoms with Crippen LogP contribution >= 0.6 is 0 Å². The van der Waals surface area contributed by atoms with Gasteiger partial charge >= 0.3 is 0 Å². The van der Waals surface area contributed by atoms with Gasteiger partial charge < -0.3 is 0 Å². The number of sulfonamides is 1. The molecule has 0 aliphatic rings. The molecule has 27 heavy (non-hydrogen) atoms. The molecule has 0 spiro atoms. The van der Waals surface area contributed by atoms with Crippen molar-refractivity contribution < 1.29 is 8.42 Å². The van der Waals surface area contributed by atoms with E-state index >= 15 is 0 Å². The molecule has 1 atom stereocenters. The summed E-state index contributed by atoms with van der Waals surface area (Å²) < 4.78 is 28.2. The van der Waals surface area contributed by atoms with Gasteiger partial charge in [-0.2, -0.15) is 5.10 Å². The summed E-state index contributed by atoms with van der Waals surface area (Å²) in [6.07, 6.45) is 1.58. The molecule has 2 heterocycles. The number of rotatable bonds is 5. The average molecular weight is 378 g/mol. The minimum absolute atomic E-state index is 0.0432. The minimum Gasteiger partial charge on any atom is -0.259 e. The lowest BCUT2D eigenvalue weighted by molar-refractivity contribution is 0.563. The number of nitrogens with zero attached hydrogens (tertiary/aromatic N) is 2. The monoisotopic (exact) mass is 378 g/mol. The number of aromatic amines is 1. The van der Waals surface area contributed by atoms with Crippen molar-refractivity contribution >= 4 is 21.1 Å². The standard InChI is InChI=1S/C20H18N4O2S/c1-14(15-9-11-17(12-10-15)16-6-3-2-4-7-16)24-27(25,26)20-18-8-5-13-21-19(18)22-23-20/h2-14,24H,1H3,(H,21,22,23). The van der Waals surface area contributed by atoms with Crippen LogP contribution in [0.5, 0.6) is 0 Å². The Balaban J connectivity index is 1.57. The van der Waals surface area contributed by atoms with Crippen LogP contribution in [0.3, 0.4) is 0 Å². The van der Waals surface area contributed by atoms with Crippen LogP contribution < -0.4 is 4.72 Å². The van der Waals surface area contributed by atoms with Crippen molar-refractivity contribution in [2.75, 3.05) is 0 Å². The fraction of sp³-hybridized carbons (Fsp3) is 0.100. The summed E-state index contributed by atoms with van der Waals surface area (Å²) in [5, 5.41) is 7.01. The highest BCUT2D eigenvalue weighted by molar-refractivity contribution is 7.89. The first-order valence-corrected chi connectivity index (χ1v) is 10.00. The number of hydrogen-bond donors (Lipinski definition) is 2. The maximum atomic E-state index is 12.8. The van der Waals surface area contributed by atoms with Crippen molar-refractivity contribution in [1.82, 2.24) is 19.9 Å². The first-order chi connectivity index (χ1) is 13.0. The van der Waals surface area contributed by atoms with Gasteiger partial charge in [-0.25, -0.2) is 18.1 Å². The molecule has 0 radical (unpaired) electrons. The molecule has 0 amide bonds. The largest absolute Gasteiger partial charge is 0.261 e. The number of aromatic nitrogens is 3. The third-order valence-electron chi connectivity index (χ3n) is 4.41. The average Bonchev–Trinajstić information content (AvgIpc) is 3.14. The fourth-order valence-electron chi connectivity index (χ4n) is 2.99. The lowest BCUT2D eigenvalue weighted by Gasteiger charge is -2.14. The molecule has 2 aromatic heterocycles. The molecule has 0 saturated heterocycles. The maximum absolute atomic E-state index is 12.8. The van der Waals surface area contributed by atoms with Crippen LogP contribution in [0, 0.1) is 0 Å². The van der Waals surface area contributed by atoms with Crippen LogP contribution in [0.1, 0.15) is 18.5 Å². The Labute approximate surface area is 157 Å². The van der Waals surface area contributed by atoms with Crippen molar-refractivity contribution in [3.63, 3.8) is 0 Å². The van der Waals surface area contributed by atoms with Gasteiger partial charge in [0.2, 0.25) is 5.03 Å². The molecule has 4 aromatic rings. The quantitative estimate of drug-likeness (QED) is 0.555. The molecular formula is C20H18N4O2S. The molecule has 0 fully saturated rings. The molecule has 4 rings (SSSR count). The maximum Gasteiger partial charge on any atom is 0.261 e. The van der Waals surface area contributed by atoms with Gasteiger partial charge in [-0.05, 0) is 35.7 Å². The van der Waals surface area contributed by atoms with E-state index in [1.54, 1.807) is 18.3 Å². The van der Waals surface area contributed by atoms with Crippen molar-refractivity contribution in [1.29, 1.82) is 0 Å². The zero-order chi connectivity index (χ0) is 18.9. The van der Waals surface area contributed by atoms with E-state index in [0.717, 1.165) is 16.7 Å². The molecule has 6 nitrogen and oxygen atoms in total. The predicted molar refractivity (Wildman–Crippen MR) is 105 cm³/mol. The van der Waals surface area contributed by atoms with Crippen LogP contribution in [-0.4, -0.2) is 23.6 Å². The van der Waals surface area contributed by atoms with Crippen LogP contribution in [-0.2, 0) is 10.0 Å². The number of fused-ring (bicyclic) bond motifs is 1. The zero-order valence-electron chi connectivity index (χ0n) is 14.6. The number of pyridine rings is 1. The number of nitrogens with one attached hydrogen (secondary N) is 2. The van der Waals surface area contributed by atoms with Gasteiger partial charge in [0.1, 0.15) is 0 Å². The predicted octanol–water partition coefficient (Wildman–Crippen LogP) is 3.66. The second-order valence-corrected chi connectivity index (χ2v) is 7.89. The van der Waals surface area contributed by atoms with Crippen molar-refractivity contribution in [2.24, 2.45) is 0 Å². The molecule has 136 valence electrons. The summed E-state index contributed by atoms with van der Waals surface area (Å²) >= 11 is 0. The molecule has 0 aliphatic heterocycles. The summed E-state index contributed by atoms with van der Waals surface area (Å²) in [5.74, 6) is 0. The molecule has 7 heteroatoms. The van der Waals surface area contributed by atoms with Gasteiger partial charge in [0, 0.05) is 12.2 Å². The van der Waals surface area contributed by atoms with E-state index in [0.29, 0.717) is 11.0 Å². The Bertz CT molecular complexity index is 1170. The van der Waals surface area contributed by atoms with Gasteiger partial charge in [0.05, 0.1) is 5.39 Å². The van der Waals surface area contributed by atoms with Crippen molar-refractivity contribution in [2.45, 2.75) is 18.0 Å². The minimum atomic E-state index is -3.79. The third-order valence-corrected chi connectivity index (χ3v) is 5.89. The molecular weight excluding hydrogens is 360 g/mol. The summed E-state index contributed by atoms with van der Waals surface area (Å²) in [4.78, 5) is 4.08. The van der Waals surface area contributed by atoms with Crippen LogP contribution in [0.15, 0.2) is 78.0 Å². The molecule has 0 saturated carbocycles. The van der Waals surface area contributed by atoms with E-state index in [2.05, 4.69) is 19.9 Å². The van der Waals surface area contributed by atoms with Gasteiger partial charge in [-0.15, -0.1) is 0 Å². The topological polar surface area (TPSA) is 87.7 Å². The number of H-pyrrole nitrogens is 1. The second kappa shape index (κ2) is 6.94. The van der Waals surface area contributed by atoms with E-state index < -0.39 is 16.1 Å². The third kappa shape index (κ3) is 3.47. The summed E-state index contributed by atoms with van der Waals surface area (Å²) in [5.41, 5.74) is 3.51. The zero-order valence-corrected chi connectivity index (χ0v) is 15.4. The molecule has 0 aliphatic carbocycles. The highest BCUT2D eigenvalue weighted by Gasteiger charge is 2.24. The molecule has 1 unspecified atom stereocenters. The fourth-order valence-corrected chi connectivity index (χ4v) is 4.32. The van der Waals surface area contributed by atoms with E-state index in [4.69, 9.17) is 0 Å². The Morgan fingerprint density at radius 2 is 1.63 bits per heavy atom. The van der Waals surface area contributed by atoms with Gasteiger partial charge in [-0.1, -0.05) is 54.6 Å². The Morgan fingerprint density at radius 3 is 2.37 bits per heavy atom. The normalized spacial score (nSPS) is 12.9. The van der Waals surface area contributed by atoms with Gasteiger partial charge in [0.15, 0.2) is 5.65 Å². The first kappa shape index (κ1) is 17.4. The van der Waals surface area contributed by atoms with Crippen molar-refractivity contribution in [3.8, 4) is 11.1 Å². The van der Waals surface area contributed by atoms with E-state index in [1.165, 1.54) is 0 Å². The second-order valence-electron chi connectivity index (χ2n) is 6.26. The van der Waals surface area contributed by atoms with Gasteiger partial charge in [-0.3, -0.25) is 5.10 Å². The van der Waals surface area contributed by atoms with E-state index in [1.807, 2.05) is 61.5 Å². The lowest BCUT2D eigenvalue weighted by atomic mass is 10.0. The lowest BCUT2D eigenvalue weighted by Crippen LogP contribution is -2.27. The summed E-state index contributed by atoms with van der Waals surface area (Å²) in [6.45, 7) is 1.81. The first-order valence-electron chi connectivity index (χ1n) is 8.51. The smallest absolute Gasteiger partial charge is 0.259 e. The Morgan fingerprint density at radius 1 is 0.926 bits per heavy atom. The van der Waals surface area contributed by atoms with Crippen LogP contribution in [0.25, 0.3) is 22.2 Å². The number of hydrogen-bond acceptors (Lipinski definition) is 4.